The van der Waals surface area contributed by atoms with Gasteiger partial charge in [-0.1, -0.05) is 17.3 Å². The summed E-state index contributed by atoms with van der Waals surface area (Å²) in [7, 11) is 3.13. The van der Waals surface area contributed by atoms with Crippen LogP contribution >= 0.6 is 0 Å². The number of benzene rings is 1. The van der Waals surface area contributed by atoms with Gasteiger partial charge in [-0.05, 0) is 24.1 Å². The lowest BCUT2D eigenvalue weighted by Gasteiger charge is -2.07. The molecule has 0 aliphatic rings. The van der Waals surface area contributed by atoms with Gasteiger partial charge in [0.15, 0.2) is 5.69 Å². The molecule has 0 saturated heterocycles. The highest BCUT2D eigenvalue weighted by Crippen LogP contribution is 2.13. The van der Waals surface area contributed by atoms with Crippen LogP contribution in [0, 0.1) is 0 Å². The van der Waals surface area contributed by atoms with Gasteiger partial charge in [-0.2, -0.15) is 0 Å². The van der Waals surface area contributed by atoms with Crippen LogP contribution in [0.4, 0.5) is 0 Å². The van der Waals surface area contributed by atoms with Crippen LogP contribution in [0.2, 0.25) is 0 Å². The maximum atomic E-state index is 11.1. The second-order valence-corrected chi connectivity index (χ2v) is 4.44. The number of nitrogens with zero attached hydrogens (tertiary/aromatic N) is 3. The lowest BCUT2D eigenvalue weighted by molar-refractivity contribution is 0.0684. The monoisotopic (exact) mass is 291 g/mol. The van der Waals surface area contributed by atoms with Gasteiger partial charge < -0.3 is 14.6 Å². The quantitative estimate of drug-likeness (QED) is 0.829. The summed E-state index contributed by atoms with van der Waals surface area (Å²) in [6.45, 7) is 0.697. The van der Waals surface area contributed by atoms with Crippen molar-refractivity contribution in [1.29, 1.82) is 0 Å². The summed E-state index contributed by atoms with van der Waals surface area (Å²) in [4.78, 5) is 11.1. The molecule has 0 amide bonds. The number of hydrogen-bond donors (Lipinski definition) is 1. The van der Waals surface area contributed by atoms with Crippen LogP contribution in [0.25, 0.3) is 0 Å². The Morgan fingerprint density at radius 1 is 1.29 bits per heavy atom. The Kier molecular flexibility index (Phi) is 4.89. The molecule has 0 bridgehead atoms. The van der Waals surface area contributed by atoms with Gasteiger partial charge in [-0.15, -0.1) is 5.10 Å². The molecular weight excluding hydrogens is 274 g/mol. The van der Waals surface area contributed by atoms with Gasteiger partial charge in [0.1, 0.15) is 5.75 Å². The normalized spacial score (nSPS) is 10.6. The first-order chi connectivity index (χ1) is 10.2. The molecule has 7 heteroatoms. The molecule has 0 atom stereocenters. The predicted octanol–water partition coefficient (Wildman–Crippen LogP) is 1.37. The molecule has 0 aliphatic heterocycles. The number of rotatable bonds is 7. The number of aromatic carboxylic acids is 1. The highest BCUT2D eigenvalue weighted by molar-refractivity contribution is 5.86. The molecule has 0 spiro atoms. The zero-order valence-corrected chi connectivity index (χ0v) is 11.9. The highest BCUT2D eigenvalue weighted by atomic mass is 16.5. The molecule has 0 saturated carbocycles. The summed E-state index contributed by atoms with van der Waals surface area (Å²) >= 11 is 0. The fourth-order valence-electron chi connectivity index (χ4n) is 1.99. The van der Waals surface area contributed by atoms with E-state index in [1.54, 1.807) is 11.8 Å². The minimum atomic E-state index is -1.10. The van der Waals surface area contributed by atoms with Crippen molar-refractivity contribution < 1.29 is 19.4 Å². The molecule has 2 rings (SSSR count). The molecule has 7 nitrogen and oxygen atoms in total. The van der Waals surface area contributed by atoms with Gasteiger partial charge >= 0.3 is 5.97 Å². The zero-order chi connectivity index (χ0) is 15.2. The summed E-state index contributed by atoms with van der Waals surface area (Å²) in [5.74, 6) is -0.300. The summed E-state index contributed by atoms with van der Waals surface area (Å²) < 4.78 is 11.7. The average molecular weight is 291 g/mol. The van der Waals surface area contributed by atoms with Gasteiger partial charge in [0.2, 0.25) is 0 Å². The second kappa shape index (κ2) is 6.85. The van der Waals surface area contributed by atoms with E-state index in [0.29, 0.717) is 18.7 Å². The Bertz CT molecular complexity index is 607. The Balaban J connectivity index is 2.09. The molecular formula is C14H17N3O4. The number of ether oxygens (including phenoxy) is 2. The van der Waals surface area contributed by atoms with Gasteiger partial charge in [0, 0.05) is 13.7 Å². The van der Waals surface area contributed by atoms with Crippen LogP contribution in [0.3, 0.4) is 0 Å². The van der Waals surface area contributed by atoms with E-state index >= 15 is 0 Å². The SMILES string of the molecule is COCc1c(C(=O)O)nnn1CCc1ccc(OC)cc1. The van der Waals surface area contributed by atoms with E-state index in [9.17, 15) is 4.79 Å². The number of carboxylic acids is 1. The first-order valence-corrected chi connectivity index (χ1v) is 6.43. The van der Waals surface area contributed by atoms with Crippen LogP contribution in [0.15, 0.2) is 24.3 Å². The third kappa shape index (κ3) is 3.57. The van der Waals surface area contributed by atoms with E-state index < -0.39 is 5.97 Å². The van der Waals surface area contributed by atoms with Crippen molar-refractivity contribution in [2.75, 3.05) is 14.2 Å². The minimum Gasteiger partial charge on any atom is -0.497 e. The molecule has 1 aromatic heterocycles. The number of carboxylic acid groups (broad SMARTS) is 1. The summed E-state index contributed by atoms with van der Waals surface area (Å²) in [5, 5.41) is 16.6. The van der Waals surface area contributed by atoms with E-state index in [2.05, 4.69) is 10.3 Å². The smallest absolute Gasteiger partial charge is 0.358 e. The first kappa shape index (κ1) is 15.0. The van der Waals surface area contributed by atoms with Crippen molar-refractivity contribution in [2.24, 2.45) is 0 Å². The van der Waals surface area contributed by atoms with Crippen LogP contribution in [-0.2, 0) is 24.3 Å². The van der Waals surface area contributed by atoms with Crippen LogP contribution in [0.1, 0.15) is 21.7 Å². The molecule has 1 N–H and O–H groups in total. The second-order valence-electron chi connectivity index (χ2n) is 4.44. The molecule has 1 aromatic carbocycles. The Morgan fingerprint density at radius 3 is 2.57 bits per heavy atom. The first-order valence-electron chi connectivity index (χ1n) is 6.43. The van der Waals surface area contributed by atoms with Gasteiger partial charge in [-0.25, -0.2) is 9.48 Å². The van der Waals surface area contributed by atoms with Crippen molar-refractivity contribution in [2.45, 2.75) is 19.6 Å². The molecule has 0 fully saturated rings. The Labute approximate surface area is 122 Å². The van der Waals surface area contributed by atoms with E-state index in [-0.39, 0.29) is 12.3 Å². The Morgan fingerprint density at radius 2 is 2.00 bits per heavy atom. The van der Waals surface area contributed by atoms with Crippen molar-refractivity contribution >= 4 is 5.97 Å². The Hall–Kier alpha value is -2.41. The number of aromatic nitrogens is 3. The third-order valence-electron chi connectivity index (χ3n) is 3.09. The standard InChI is InChI=1S/C14H17N3O4/c1-20-9-12-13(14(18)19)15-16-17(12)8-7-10-3-5-11(21-2)6-4-10/h3-6H,7-9H2,1-2H3,(H,18,19). The van der Waals surface area contributed by atoms with Gasteiger partial charge in [0.05, 0.1) is 19.4 Å². The third-order valence-corrected chi connectivity index (χ3v) is 3.09. The van der Waals surface area contributed by atoms with E-state index in [4.69, 9.17) is 14.6 Å². The van der Waals surface area contributed by atoms with E-state index in [0.717, 1.165) is 11.3 Å². The number of methoxy groups -OCH3 is 2. The van der Waals surface area contributed by atoms with Crippen LogP contribution in [0.5, 0.6) is 5.75 Å². The average Bonchev–Trinajstić information content (AvgIpc) is 2.89. The van der Waals surface area contributed by atoms with Crippen LogP contribution in [-0.4, -0.2) is 40.3 Å². The minimum absolute atomic E-state index is 0.0634. The lowest BCUT2D eigenvalue weighted by Crippen LogP contribution is -2.11. The topological polar surface area (TPSA) is 86.5 Å². The van der Waals surface area contributed by atoms with Gasteiger partial charge in [0.25, 0.3) is 0 Å². The number of aryl methyl sites for hydroxylation is 2. The molecule has 1 heterocycles. The largest absolute Gasteiger partial charge is 0.497 e. The highest BCUT2D eigenvalue weighted by Gasteiger charge is 2.18. The number of carbonyl (C=O) groups is 1. The molecule has 21 heavy (non-hydrogen) atoms. The van der Waals surface area contributed by atoms with Crippen molar-refractivity contribution in [1.82, 2.24) is 15.0 Å². The van der Waals surface area contributed by atoms with Crippen molar-refractivity contribution in [3.63, 3.8) is 0 Å². The maximum absolute atomic E-state index is 11.1. The van der Waals surface area contributed by atoms with E-state index in [1.807, 2.05) is 24.3 Å². The van der Waals surface area contributed by atoms with Crippen molar-refractivity contribution in [3.05, 3.63) is 41.2 Å². The fourth-order valence-corrected chi connectivity index (χ4v) is 1.99. The zero-order valence-electron chi connectivity index (χ0n) is 11.9. The predicted molar refractivity (Wildman–Crippen MR) is 74.4 cm³/mol. The van der Waals surface area contributed by atoms with Crippen LogP contribution < -0.4 is 4.74 Å². The molecule has 2 aromatic rings. The molecule has 0 unspecified atom stereocenters. The summed E-state index contributed by atoms with van der Waals surface area (Å²) in [5.41, 5.74) is 1.51. The van der Waals surface area contributed by atoms with Gasteiger partial charge in [-0.3, -0.25) is 0 Å². The molecule has 0 aliphatic carbocycles. The lowest BCUT2D eigenvalue weighted by atomic mass is 10.1. The summed E-state index contributed by atoms with van der Waals surface area (Å²) in [6, 6.07) is 7.69. The van der Waals surface area contributed by atoms with Crippen molar-refractivity contribution in [3.8, 4) is 5.75 Å². The fraction of sp³-hybridized carbons (Fsp3) is 0.357. The summed E-state index contributed by atoms with van der Waals surface area (Å²) in [6.07, 6.45) is 0.711. The molecule has 0 radical (unpaired) electrons. The van der Waals surface area contributed by atoms with E-state index in [1.165, 1.54) is 7.11 Å². The number of hydrogen-bond acceptors (Lipinski definition) is 5. The maximum Gasteiger partial charge on any atom is 0.358 e. The molecule has 112 valence electrons.